The zero-order chi connectivity index (χ0) is 18.0. The fourth-order valence-electron chi connectivity index (χ4n) is 3.17. The van der Waals surface area contributed by atoms with E-state index in [-0.39, 0.29) is 11.9 Å². The molecule has 1 aliphatic rings. The van der Waals surface area contributed by atoms with Gasteiger partial charge >= 0.3 is 0 Å². The minimum atomic E-state index is -0.0752. The summed E-state index contributed by atoms with van der Waals surface area (Å²) in [5.41, 5.74) is 1.34. The van der Waals surface area contributed by atoms with Gasteiger partial charge in [-0.2, -0.15) is 0 Å². The van der Waals surface area contributed by atoms with Gasteiger partial charge in [0.2, 0.25) is 0 Å². The van der Waals surface area contributed by atoms with E-state index in [4.69, 9.17) is 16.0 Å². The Morgan fingerprint density at radius 1 is 1.32 bits per heavy atom. The van der Waals surface area contributed by atoms with E-state index in [1.54, 1.807) is 13.1 Å². The first kappa shape index (κ1) is 17.5. The average molecular weight is 364 g/mol. The molecule has 1 amide bonds. The Morgan fingerprint density at radius 3 is 2.64 bits per heavy atom. The monoisotopic (exact) mass is 363 g/mol. The van der Waals surface area contributed by atoms with Crippen LogP contribution in [0.1, 0.15) is 34.7 Å². The van der Waals surface area contributed by atoms with Crippen molar-refractivity contribution in [3.63, 3.8) is 0 Å². The van der Waals surface area contributed by atoms with Crippen molar-refractivity contribution in [1.82, 2.24) is 15.3 Å². The van der Waals surface area contributed by atoms with Crippen molar-refractivity contribution >= 4 is 29.0 Å². The first-order valence-electron chi connectivity index (χ1n) is 8.30. The third-order valence-electron chi connectivity index (χ3n) is 4.45. The number of carbonyl (C=O) groups excluding carboxylic acids is 1. The number of carbonyl (C=O) groups is 1. The summed E-state index contributed by atoms with van der Waals surface area (Å²) >= 11 is 6.12. The number of rotatable bonds is 4. The van der Waals surface area contributed by atoms with Gasteiger partial charge in [-0.1, -0.05) is 11.6 Å². The van der Waals surface area contributed by atoms with Crippen molar-refractivity contribution in [2.24, 2.45) is 0 Å². The minimum absolute atomic E-state index is 0.0752. The molecule has 0 unspecified atom stereocenters. The predicted molar refractivity (Wildman–Crippen MR) is 97.5 cm³/mol. The van der Waals surface area contributed by atoms with Crippen LogP contribution in [0.25, 0.3) is 0 Å². The molecule has 0 bridgehead atoms. The van der Waals surface area contributed by atoms with Crippen molar-refractivity contribution < 1.29 is 9.21 Å². The number of hydrogen-bond donors (Lipinski definition) is 2. The zero-order valence-electron chi connectivity index (χ0n) is 14.6. The molecule has 2 aromatic rings. The predicted octanol–water partition coefficient (Wildman–Crippen LogP) is 2.78. The van der Waals surface area contributed by atoms with Crippen molar-refractivity contribution in [3.05, 3.63) is 34.6 Å². The van der Waals surface area contributed by atoms with Crippen molar-refractivity contribution in [2.75, 3.05) is 30.4 Å². The number of piperidine rings is 1. The highest BCUT2D eigenvalue weighted by Crippen LogP contribution is 2.30. The van der Waals surface area contributed by atoms with Crippen LogP contribution in [0.2, 0.25) is 5.15 Å². The Morgan fingerprint density at radius 2 is 2.04 bits per heavy atom. The van der Waals surface area contributed by atoms with Crippen LogP contribution in [-0.2, 0) is 0 Å². The van der Waals surface area contributed by atoms with E-state index in [0.29, 0.717) is 16.5 Å². The molecule has 3 rings (SSSR count). The van der Waals surface area contributed by atoms with Gasteiger partial charge in [0, 0.05) is 26.2 Å². The lowest BCUT2D eigenvalue weighted by Crippen LogP contribution is -2.45. The molecule has 2 aromatic heterocycles. The third kappa shape index (κ3) is 3.71. The van der Waals surface area contributed by atoms with Crippen LogP contribution >= 0.6 is 11.6 Å². The second kappa shape index (κ2) is 7.31. The number of aromatic nitrogens is 2. The third-order valence-corrected chi connectivity index (χ3v) is 4.73. The summed E-state index contributed by atoms with van der Waals surface area (Å²) in [6, 6.07) is 1.91. The van der Waals surface area contributed by atoms with E-state index in [1.165, 1.54) is 6.33 Å². The second-order valence-electron chi connectivity index (χ2n) is 6.17. The molecule has 1 fully saturated rings. The highest BCUT2D eigenvalue weighted by molar-refractivity contribution is 6.32. The lowest BCUT2D eigenvalue weighted by molar-refractivity contribution is 0.0929. The van der Waals surface area contributed by atoms with E-state index >= 15 is 0 Å². The van der Waals surface area contributed by atoms with E-state index in [9.17, 15) is 4.79 Å². The summed E-state index contributed by atoms with van der Waals surface area (Å²) in [7, 11) is 1.80. The normalized spacial score (nSPS) is 15.3. The first-order valence-corrected chi connectivity index (χ1v) is 8.68. The molecule has 1 aliphatic heterocycles. The van der Waals surface area contributed by atoms with Gasteiger partial charge in [-0.25, -0.2) is 9.97 Å². The van der Waals surface area contributed by atoms with Crippen LogP contribution in [0.15, 0.2) is 16.8 Å². The summed E-state index contributed by atoms with van der Waals surface area (Å²) in [6.07, 6.45) is 3.15. The number of halogens is 1. The molecule has 3 heterocycles. The molecule has 0 spiro atoms. The topological polar surface area (TPSA) is 83.3 Å². The summed E-state index contributed by atoms with van der Waals surface area (Å²) in [4.78, 5) is 22.9. The molecular weight excluding hydrogens is 342 g/mol. The van der Waals surface area contributed by atoms with E-state index in [0.717, 1.165) is 43.2 Å². The van der Waals surface area contributed by atoms with Gasteiger partial charge in [0.25, 0.3) is 5.91 Å². The number of aryl methyl sites for hydroxylation is 2. The summed E-state index contributed by atoms with van der Waals surface area (Å²) in [6.45, 7) is 5.23. The molecule has 8 heteroatoms. The van der Waals surface area contributed by atoms with Crippen LogP contribution in [0.5, 0.6) is 0 Å². The van der Waals surface area contributed by atoms with Crippen molar-refractivity contribution in [3.8, 4) is 0 Å². The molecule has 0 saturated carbocycles. The van der Waals surface area contributed by atoms with Crippen LogP contribution in [0, 0.1) is 13.8 Å². The smallest absolute Gasteiger partial charge is 0.255 e. The Bertz CT molecular complexity index is 768. The van der Waals surface area contributed by atoms with E-state index in [2.05, 4.69) is 25.5 Å². The van der Waals surface area contributed by atoms with Gasteiger partial charge < -0.3 is 20.0 Å². The summed E-state index contributed by atoms with van der Waals surface area (Å²) in [5, 5.41) is 6.57. The molecule has 25 heavy (non-hydrogen) atoms. The van der Waals surface area contributed by atoms with Gasteiger partial charge in [0.05, 0.1) is 5.56 Å². The van der Waals surface area contributed by atoms with Crippen LogP contribution < -0.4 is 15.5 Å². The fourth-order valence-corrected chi connectivity index (χ4v) is 3.39. The Kier molecular flexibility index (Phi) is 5.13. The molecule has 0 aliphatic carbocycles. The van der Waals surface area contributed by atoms with Crippen LogP contribution in [0.3, 0.4) is 0 Å². The van der Waals surface area contributed by atoms with E-state index < -0.39 is 0 Å². The highest BCUT2D eigenvalue weighted by atomic mass is 35.5. The number of amides is 1. The minimum Gasteiger partial charge on any atom is -0.466 e. The quantitative estimate of drug-likeness (QED) is 0.813. The van der Waals surface area contributed by atoms with Crippen LogP contribution in [0.4, 0.5) is 11.5 Å². The SMILES string of the molecule is CNc1c(Cl)ncnc1N1CCC(NC(=O)c2cc(C)oc2C)CC1. The fraction of sp³-hybridized carbons (Fsp3) is 0.471. The number of nitrogens with one attached hydrogen (secondary N) is 2. The highest BCUT2D eigenvalue weighted by Gasteiger charge is 2.25. The molecule has 1 saturated heterocycles. The molecule has 0 atom stereocenters. The lowest BCUT2D eigenvalue weighted by atomic mass is 10.0. The maximum atomic E-state index is 12.4. The lowest BCUT2D eigenvalue weighted by Gasteiger charge is -2.34. The number of nitrogens with zero attached hydrogens (tertiary/aromatic N) is 3. The van der Waals surface area contributed by atoms with Crippen molar-refractivity contribution in [1.29, 1.82) is 0 Å². The van der Waals surface area contributed by atoms with Gasteiger partial charge in [0.1, 0.15) is 23.5 Å². The Balaban J connectivity index is 1.62. The van der Waals surface area contributed by atoms with Gasteiger partial charge in [-0.15, -0.1) is 0 Å². The average Bonchev–Trinajstić information content (AvgIpc) is 2.94. The van der Waals surface area contributed by atoms with Crippen LogP contribution in [-0.4, -0.2) is 42.1 Å². The number of anilines is 2. The molecule has 0 aromatic carbocycles. The second-order valence-corrected chi connectivity index (χ2v) is 6.53. The maximum absolute atomic E-state index is 12.4. The number of hydrogen-bond acceptors (Lipinski definition) is 6. The Labute approximate surface area is 151 Å². The Hall–Kier alpha value is -2.28. The largest absolute Gasteiger partial charge is 0.466 e. The van der Waals surface area contributed by atoms with Gasteiger partial charge in [0.15, 0.2) is 11.0 Å². The summed E-state index contributed by atoms with van der Waals surface area (Å²) < 4.78 is 5.43. The molecular formula is C17H22ClN5O2. The van der Waals surface area contributed by atoms with E-state index in [1.807, 2.05) is 13.8 Å². The molecule has 0 radical (unpaired) electrons. The summed E-state index contributed by atoms with van der Waals surface area (Å²) in [5.74, 6) is 2.13. The maximum Gasteiger partial charge on any atom is 0.255 e. The molecule has 7 nitrogen and oxygen atoms in total. The standard InChI is InChI=1S/C17H22ClN5O2/c1-10-8-13(11(2)25-10)17(24)22-12-4-6-23(7-5-12)16-14(19-3)15(18)20-9-21-16/h8-9,12,19H,4-7H2,1-3H3,(H,22,24). The van der Waals surface area contributed by atoms with Gasteiger partial charge in [-0.3, -0.25) is 4.79 Å². The first-order chi connectivity index (χ1) is 12.0. The van der Waals surface area contributed by atoms with Gasteiger partial charge in [-0.05, 0) is 32.8 Å². The van der Waals surface area contributed by atoms with Crippen molar-refractivity contribution in [2.45, 2.75) is 32.7 Å². The molecule has 2 N–H and O–H groups in total. The molecule has 134 valence electrons. The zero-order valence-corrected chi connectivity index (χ0v) is 15.4. The number of furan rings is 1.